The predicted molar refractivity (Wildman–Crippen MR) is 124 cm³/mol. The van der Waals surface area contributed by atoms with Gasteiger partial charge in [-0.3, -0.25) is 0 Å². The molecule has 3 fully saturated rings. The van der Waals surface area contributed by atoms with Gasteiger partial charge in [0, 0.05) is 5.57 Å². The van der Waals surface area contributed by atoms with Crippen molar-refractivity contribution < 1.29 is 0 Å². The van der Waals surface area contributed by atoms with Crippen molar-refractivity contribution >= 4 is 31.1 Å². The van der Waals surface area contributed by atoms with Crippen molar-refractivity contribution in [1.29, 1.82) is 0 Å². The van der Waals surface area contributed by atoms with Gasteiger partial charge in [0.2, 0.25) is 0 Å². The van der Waals surface area contributed by atoms with Gasteiger partial charge in [-0.15, -0.1) is 28.9 Å². The van der Waals surface area contributed by atoms with E-state index in [-0.39, 0.29) is 23.3 Å². The molecule has 27 heavy (non-hydrogen) atoms. The van der Waals surface area contributed by atoms with E-state index in [2.05, 4.69) is 32.6 Å². The van der Waals surface area contributed by atoms with E-state index >= 15 is 0 Å². The summed E-state index contributed by atoms with van der Waals surface area (Å²) < 4.78 is -0.203. The summed E-state index contributed by atoms with van der Waals surface area (Å²) in [6.07, 6.45) is 19.7. The largest absolute Gasteiger partial charge is 0.122 e. The summed E-state index contributed by atoms with van der Waals surface area (Å²) in [7, 11) is -0.249. The number of hydrogen-bond acceptors (Lipinski definition) is 0. The van der Waals surface area contributed by atoms with Gasteiger partial charge in [0.05, 0.1) is 9.99 Å². The minimum Gasteiger partial charge on any atom is -0.122 e. The van der Waals surface area contributed by atoms with Crippen LogP contribution in [0.15, 0.2) is 17.4 Å². The molecule has 0 aromatic heterocycles. The first-order valence-corrected chi connectivity index (χ1v) is 13.7. The van der Waals surface area contributed by atoms with Crippen LogP contribution in [0.5, 0.6) is 0 Å². The molecule has 0 saturated heterocycles. The first-order chi connectivity index (χ1) is 12.8. The normalized spacial score (nSPS) is 31.8. The predicted octanol–water partition coefficient (Wildman–Crippen LogP) is 8.99. The van der Waals surface area contributed by atoms with Crippen molar-refractivity contribution in [3.63, 3.8) is 0 Å². The Kier molecular flexibility index (Phi) is 7.87. The Morgan fingerprint density at radius 3 is 1.89 bits per heavy atom. The van der Waals surface area contributed by atoms with Crippen molar-refractivity contribution in [2.24, 2.45) is 5.41 Å². The third-order valence-electron chi connectivity index (χ3n) is 6.70. The van der Waals surface area contributed by atoms with E-state index in [4.69, 9.17) is 23.2 Å². The first-order valence-electron chi connectivity index (χ1n) is 11.4. The highest BCUT2D eigenvalue weighted by Crippen LogP contribution is 2.70. The molecule has 3 saturated carbocycles. The average Bonchev–Trinajstić information content (AvgIpc) is 2.62. The van der Waals surface area contributed by atoms with Crippen LogP contribution < -0.4 is 0 Å². The molecular formula is C24H39Cl2P. The van der Waals surface area contributed by atoms with E-state index < -0.39 is 0 Å². The summed E-state index contributed by atoms with van der Waals surface area (Å²) in [5.41, 5.74) is 6.78. The lowest BCUT2D eigenvalue weighted by atomic mass is 9.91. The molecule has 3 aliphatic rings. The zero-order chi connectivity index (χ0) is 19.5. The monoisotopic (exact) mass is 428 g/mol. The fraction of sp³-hybridized carbons (Fsp3) is 0.875. The third-order valence-corrected chi connectivity index (χ3v) is 12.0. The van der Waals surface area contributed by atoms with Gasteiger partial charge < -0.3 is 0 Å². The van der Waals surface area contributed by atoms with Crippen LogP contribution in [-0.4, -0.2) is 21.3 Å². The van der Waals surface area contributed by atoms with Crippen molar-refractivity contribution in [2.75, 3.05) is 0 Å². The lowest BCUT2D eigenvalue weighted by Gasteiger charge is -2.50. The molecular weight excluding hydrogens is 390 g/mol. The van der Waals surface area contributed by atoms with Gasteiger partial charge in [0.15, 0.2) is 0 Å². The second kappa shape index (κ2) is 9.56. The Morgan fingerprint density at radius 2 is 1.41 bits per heavy atom. The summed E-state index contributed by atoms with van der Waals surface area (Å²) in [5.74, 6) is 0. The molecule has 0 bridgehead atoms. The number of hydrogen-bond donors (Lipinski definition) is 0. The molecule has 3 aliphatic carbocycles. The van der Waals surface area contributed by atoms with E-state index in [1.165, 1.54) is 76.2 Å². The molecule has 0 N–H and O–H groups in total. The van der Waals surface area contributed by atoms with E-state index in [1.54, 1.807) is 0 Å². The Labute approximate surface area is 179 Å². The summed E-state index contributed by atoms with van der Waals surface area (Å²) in [6.45, 7) is 6.73. The van der Waals surface area contributed by atoms with Crippen molar-refractivity contribution in [3.8, 4) is 0 Å². The Balaban J connectivity index is 2.01. The highest BCUT2D eigenvalue weighted by Gasteiger charge is 2.50. The lowest BCUT2D eigenvalue weighted by Crippen LogP contribution is -2.39. The van der Waals surface area contributed by atoms with Gasteiger partial charge in [0.25, 0.3) is 0 Å². The Morgan fingerprint density at radius 1 is 0.889 bits per heavy atom. The van der Waals surface area contributed by atoms with Crippen molar-refractivity contribution in [1.82, 2.24) is 0 Å². The van der Waals surface area contributed by atoms with Crippen LogP contribution in [0.25, 0.3) is 0 Å². The van der Waals surface area contributed by atoms with E-state index in [9.17, 15) is 0 Å². The molecule has 0 radical (unpaired) electrons. The van der Waals surface area contributed by atoms with E-state index in [1.807, 2.05) is 0 Å². The number of alkyl halides is 2. The van der Waals surface area contributed by atoms with Crippen molar-refractivity contribution in [3.05, 3.63) is 17.4 Å². The van der Waals surface area contributed by atoms with Crippen LogP contribution in [0.4, 0.5) is 0 Å². The molecule has 0 amide bonds. The zero-order valence-corrected chi connectivity index (χ0v) is 20.1. The molecule has 0 aromatic carbocycles. The van der Waals surface area contributed by atoms with Crippen LogP contribution in [0, 0.1) is 5.41 Å². The number of allylic oxidation sites excluding steroid dienone is 1. The van der Waals surface area contributed by atoms with Crippen LogP contribution in [0.2, 0.25) is 0 Å². The van der Waals surface area contributed by atoms with Crippen LogP contribution >= 0.6 is 31.1 Å². The van der Waals surface area contributed by atoms with E-state index in [0.29, 0.717) is 0 Å². The highest BCUT2D eigenvalue weighted by atomic mass is 35.5. The van der Waals surface area contributed by atoms with Gasteiger partial charge >= 0.3 is 0 Å². The van der Waals surface area contributed by atoms with Crippen molar-refractivity contribution in [2.45, 2.75) is 126 Å². The first kappa shape index (κ1) is 22.2. The summed E-state index contributed by atoms with van der Waals surface area (Å²) in [5, 5.41) is 0.0760. The van der Waals surface area contributed by atoms with Crippen LogP contribution in [0.1, 0.15) is 104 Å². The molecule has 154 valence electrons. The molecule has 2 unspecified atom stereocenters. The second-order valence-corrected chi connectivity index (χ2v) is 14.7. The molecule has 3 heteroatoms. The summed E-state index contributed by atoms with van der Waals surface area (Å²) in [4.78, 5) is 0. The van der Waals surface area contributed by atoms with Crippen LogP contribution in [-0.2, 0) is 0 Å². The maximum atomic E-state index is 7.72. The summed E-state index contributed by atoms with van der Waals surface area (Å²) in [6, 6.07) is 0. The topological polar surface area (TPSA) is 0 Å². The SMILES string of the molecule is CC(C)(C)C=C=C1C(Cl)CCCC1(Cl)P(C1CCCCC1)C1CCCCC1. The maximum Gasteiger partial charge on any atom is 0.0939 e. The molecule has 3 rings (SSSR count). The molecule has 0 nitrogen and oxygen atoms in total. The molecule has 2 atom stereocenters. The third kappa shape index (κ3) is 5.57. The molecule has 0 heterocycles. The van der Waals surface area contributed by atoms with Gasteiger partial charge in [0.1, 0.15) is 0 Å². The van der Waals surface area contributed by atoms with E-state index in [0.717, 1.165) is 24.2 Å². The average molecular weight is 429 g/mol. The van der Waals surface area contributed by atoms with Gasteiger partial charge in [-0.25, -0.2) is 0 Å². The van der Waals surface area contributed by atoms with Gasteiger partial charge in [-0.05, 0) is 67.8 Å². The summed E-state index contributed by atoms with van der Waals surface area (Å²) >= 11 is 14.6. The van der Waals surface area contributed by atoms with Gasteiger partial charge in [-0.1, -0.05) is 67.2 Å². The maximum absolute atomic E-state index is 7.72. The van der Waals surface area contributed by atoms with Crippen LogP contribution in [0.3, 0.4) is 0 Å². The molecule has 0 aliphatic heterocycles. The Hall–Kier alpha value is 0.530. The lowest BCUT2D eigenvalue weighted by molar-refractivity contribution is 0.472. The highest BCUT2D eigenvalue weighted by molar-refractivity contribution is 7.63. The quantitative estimate of drug-likeness (QED) is 0.239. The zero-order valence-electron chi connectivity index (χ0n) is 17.7. The Bertz CT molecular complexity index is 527. The minimum absolute atomic E-state index is 0.0760. The standard InChI is InChI=1S/C24H39Cl2P/c1-23(2,3)18-16-21-22(25)15-10-17-24(21,26)27(19-11-6-4-7-12-19)20-13-8-5-9-14-20/h18-20,22H,4-15,17H2,1-3H3. The number of halogens is 2. The smallest absolute Gasteiger partial charge is 0.0939 e. The molecule has 0 aromatic rings. The second-order valence-electron chi connectivity index (χ2n) is 10.2. The molecule has 0 spiro atoms. The fourth-order valence-corrected chi connectivity index (χ4v) is 11.6. The fourth-order valence-electron chi connectivity index (χ4n) is 5.39. The minimum atomic E-state index is -0.249. The van der Waals surface area contributed by atoms with Gasteiger partial charge in [-0.2, -0.15) is 0 Å². The number of rotatable bonds is 3.